The van der Waals surface area contributed by atoms with Gasteiger partial charge in [-0.25, -0.2) is 16.1 Å². The van der Waals surface area contributed by atoms with Crippen molar-refractivity contribution in [2.75, 3.05) is 19.8 Å². The van der Waals surface area contributed by atoms with E-state index in [1.807, 2.05) is 5.43 Å². The second-order valence-corrected chi connectivity index (χ2v) is 6.48. The molecule has 0 radical (unpaired) electrons. The van der Waals surface area contributed by atoms with E-state index in [9.17, 15) is 14.7 Å². The lowest BCUT2D eigenvalue weighted by Crippen LogP contribution is -2.34. The molecule has 1 aliphatic rings. The highest BCUT2D eigenvalue weighted by Gasteiger charge is 2.32. The number of phenolic OH excluding ortho intramolecular Hbond substituents is 1. The van der Waals surface area contributed by atoms with Crippen molar-refractivity contribution in [3.63, 3.8) is 0 Å². The molecule has 1 heterocycles. The number of benzene rings is 2. The fourth-order valence-electron chi connectivity index (χ4n) is 2.99. The third kappa shape index (κ3) is 5.17. The first-order chi connectivity index (χ1) is 14.5. The predicted octanol–water partition coefficient (Wildman–Crippen LogP) is 0.534. The zero-order chi connectivity index (χ0) is 21.5. The van der Waals surface area contributed by atoms with Gasteiger partial charge in [0.15, 0.2) is 6.61 Å². The van der Waals surface area contributed by atoms with E-state index in [1.165, 1.54) is 6.07 Å². The maximum Gasteiger partial charge on any atom is 0.338 e. The molecule has 0 aromatic heterocycles. The van der Waals surface area contributed by atoms with E-state index < -0.39 is 5.91 Å². The molecule has 2 aromatic rings. The van der Waals surface area contributed by atoms with Crippen LogP contribution in [0.3, 0.4) is 0 Å². The van der Waals surface area contributed by atoms with Crippen LogP contribution in [0, 0.1) is 0 Å². The van der Waals surface area contributed by atoms with Crippen LogP contribution in [0.15, 0.2) is 42.5 Å². The maximum atomic E-state index is 11.8. The van der Waals surface area contributed by atoms with E-state index >= 15 is 0 Å². The molecule has 2 atom stereocenters. The quantitative estimate of drug-likeness (QED) is 0.180. The van der Waals surface area contributed by atoms with Gasteiger partial charge in [0.05, 0.1) is 18.2 Å². The van der Waals surface area contributed by atoms with Crippen LogP contribution in [0.1, 0.15) is 28.9 Å². The van der Waals surface area contributed by atoms with Crippen molar-refractivity contribution >= 4 is 11.9 Å². The van der Waals surface area contributed by atoms with Crippen molar-refractivity contribution in [3.05, 3.63) is 53.6 Å². The molecule has 0 spiro atoms. The van der Waals surface area contributed by atoms with Crippen LogP contribution in [-0.2, 0) is 9.53 Å². The zero-order valence-corrected chi connectivity index (χ0v) is 16.4. The van der Waals surface area contributed by atoms with Gasteiger partial charge < -0.3 is 19.3 Å². The number of phenols is 1. The van der Waals surface area contributed by atoms with Gasteiger partial charge >= 0.3 is 5.97 Å². The Morgan fingerprint density at radius 3 is 2.60 bits per heavy atom. The van der Waals surface area contributed by atoms with Crippen molar-refractivity contribution in [1.29, 1.82) is 0 Å². The highest BCUT2D eigenvalue weighted by Crippen LogP contribution is 2.33. The first-order valence-corrected chi connectivity index (χ1v) is 9.39. The Labute approximate surface area is 173 Å². The number of nitrogens with one attached hydrogen (secondary N) is 3. The molecule has 0 bridgehead atoms. The standard InChI is InChI=1S/C20H24N4O6/c1-2-28-20(27)12-3-5-13(6-4-12)30-17-10-22-24-19(17)15-8-7-14(9-16(15)25)29-11-18(26)23-21/h3-9,17,19,22,24-25H,2,10-11,21H2,1H3,(H,23,26). The Balaban J connectivity index is 1.67. The first-order valence-electron chi connectivity index (χ1n) is 9.39. The van der Waals surface area contributed by atoms with Crippen LogP contribution in [0.4, 0.5) is 0 Å². The van der Waals surface area contributed by atoms with Crippen LogP contribution in [-0.4, -0.2) is 42.8 Å². The largest absolute Gasteiger partial charge is 0.507 e. The lowest BCUT2D eigenvalue weighted by molar-refractivity contribution is -0.123. The number of carbonyl (C=O) groups excluding carboxylic acids is 2. The molecule has 3 rings (SSSR count). The van der Waals surface area contributed by atoms with Crippen molar-refractivity contribution in [1.82, 2.24) is 16.3 Å². The number of amides is 1. The molecular formula is C20H24N4O6. The van der Waals surface area contributed by atoms with Gasteiger partial charge in [-0.15, -0.1) is 0 Å². The molecule has 1 saturated heterocycles. The van der Waals surface area contributed by atoms with Crippen LogP contribution in [0.2, 0.25) is 0 Å². The topological polar surface area (TPSA) is 144 Å². The molecule has 10 heteroatoms. The van der Waals surface area contributed by atoms with E-state index in [0.29, 0.717) is 35.8 Å². The van der Waals surface area contributed by atoms with Gasteiger partial charge in [0, 0.05) is 18.2 Å². The molecule has 0 saturated carbocycles. The minimum atomic E-state index is -0.484. The summed E-state index contributed by atoms with van der Waals surface area (Å²) >= 11 is 0. The molecule has 2 aromatic carbocycles. The Bertz CT molecular complexity index is 889. The van der Waals surface area contributed by atoms with Gasteiger partial charge in [0.25, 0.3) is 5.91 Å². The van der Waals surface area contributed by atoms with Gasteiger partial charge in [-0.05, 0) is 43.3 Å². The lowest BCUT2D eigenvalue weighted by atomic mass is 10.0. The third-order valence-corrected chi connectivity index (χ3v) is 4.45. The molecule has 0 aliphatic carbocycles. The summed E-state index contributed by atoms with van der Waals surface area (Å²) in [5, 5.41) is 10.4. The Hall–Kier alpha value is -3.34. The number of rotatable bonds is 8. The zero-order valence-electron chi connectivity index (χ0n) is 16.4. The normalized spacial score (nSPS) is 17.9. The summed E-state index contributed by atoms with van der Waals surface area (Å²) in [6, 6.07) is 11.1. The molecule has 1 amide bonds. The summed E-state index contributed by atoms with van der Waals surface area (Å²) in [5.41, 5.74) is 9.11. The van der Waals surface area contributed by atoms with Crippen molar-refractivity contribution in [2.45, 2.75) is 19.1 Å². The number of aromatic hydroxyl groups is 1. The van der Waals surface area contributed by atoms with Gasteiger partial charge in [-0.3, -0.25) is 15.6 Å². The van der Waals surface area contributed by atoms with Crippen molar-refractivity contribution < 1.29 is 28.9 Å². The maximum absolute atomic E-state index is 11.8. The molecule has 6 N–H and O–H groups in total. The summed E-state index contributed by atoms with van der Waals surface area (Å²) in [6.45, 7) is 2.30. The minimum absolute atomic E-state index is 0.00637. The van der Waals surface area contributed by atoms with Crippen LogP contribution < -0.4 is 31.6 Å². The second kappa shape index (κ2) is 9.92. The van der Waals surface area contributed by atoms with E-state index in [2.05, 4.69) is 10.9 Å². The van der Waals surface area contributed by atoms with Gasteiger partial charge in [-0.1, -0.05) is 0 Å². The molecule has 1 fully saturated rings. The number of esters is 1. The smallest absolute Gasteiger partial charge is 0.338 e. The van der Waals surface area contributed by atoms with E-state index in [0.717, 1.165) is 0 Å². The highest BCUT2D eigenvalue weighted by atomic mass is 16.5. The molecular weight excluding hydrogens is 392 g/mol. The Morgan fingerprint density at radius 1 is 1.20 bits per heavy atom. The summed E-state index contributed by atoms with van der Waals surface area (Å²) in [7, 11) is 0. The Kier molecular flexibility index (Phi) is 7.07. The lowest BCUT2D eigenvalue weighted by Gasteiger charge is -2.21. The summed E-state index contributed by atoms with van der Waals surface area (Å²) in [5.74, 6) is 5.04. The van der Waals surface area contributed by atoms with Crippen LogP contribution >= 0.6 is 0 Å². The summed E-state index contributed by atoms with van der Waals surface area (Å²) in [6.07, 6.45) is -0.320. The highest BCUT2D eigenvalue weighted by molar-refractivity contribution is 5.89. The third-order valence-electron chi connectivity index (χ3n) is 4.45. The molecule has 30 heavy (non-hydrogen) atoms. The molecule has 2 unspecified atom stereocenters. The Morgan fingerprint density at radius 2 is 1.93 bits per heavy atom. The number of carbonyl (C=O) groups is 2. The predicted molar refractivity (Wildman–Crippen MR) is 107 cm³/mol. The number of ether oxygens (including phenoxy) is 3. The second-order valence-electron chi connectivity index (χ2n) is 6.48. The fourth-order valence-corrected chi connectivity index (χ4v) is 2.99. The van der Waals surface area contributed by atoms with Crippen LogP contribution in [0.5, 0.6) is 17.2 Å². The van der Waals surface area contributed by atoms with Gasteiger partial charge in [-0.2, -0.15) is 0 Å². The first kappa shape index (κ1) is 21.4. The number of hydrogen-bond donors (Lipinski definition) is 5. The van der Waals surface area contributed by atoms with Gasteiger partial charge in [0.1, 0.15) is 23.4 Å². The van der Waals surface area contributed by atoms with Crippen molar-refractivity contribution in [2.24, 2.45) is 5.84 Å². The van der Waals surface area contributed by atoms with Gasteiger partial charge in [0.2, 0.25) is 0 Å². The molecule has 10 nitrogen and oxygen atoms in total. The summed E-state index contributed by atoms with van der Waals surface area (Å²) in [4.78, 5) is 22.9. The SMILES string of the molecule is CCOC(=O)c1ccc(OC2CNNC2c2ccc(OCC(=O)NN)cc2O)cc1. The summed E-state index contributed by atoms with van der Waals surface area (Å²) < 4.78 is 16.3. The molecule has 1 aliphatic heterocycles. The molecule has 160 valence electrons. The average molecular weight is 416 g/mol. The minimum Gasteiger partial charge on any atom is -0.507 e. The van der Waals surface area contributed by atoms with E-state index in [4.69, 9.17) is 20.1 Å². The number of hydrogen-bond acceptors (Lipinski definition) is 9. The van der Waals surface area contributed by atoms with E-state index in [-0.39, 0.29) is 30.5 Å². The average Bonchev–Trinajstić information content (AvgIpc) is 3.20. The van der Waals surface area contributed by atoms with E-state index in [1.54, 1.807) is 43.3 Å². The van der Waals surface area contributed by atoms with Crippen molar-refractivity contribution in [3.8, 4) is 17.2 Å². The monoisotopic (exact) mass is 416 g/mol. The number of hydrazine groups is 2. The number of nitrogens with two attached hydrogens (primary N) is 1. The van der Waals surface area contributed by atoms with Crippen LogP contribution in [0.25, 0.3) is 0 Å². The fraction of sp³-hybridized carbons (Fsp3) is 0.300.